The van der Waals surface area contributed by atoms with Gasteiger partial charge in [-0.15, -0.1) is 0 Å². The third-order valence-electron chi connectivity index (χ3n) is 3.42. The summed E-state index contributed by atoms with van der Waals surface area (Å²) in [5, 5.41) is 8.70. The van der Waals surface area contributed by atoms with E-state index in [1.807, 2.05) is 18.2 Å². The van der Waals surface area contributed by atoms with Crippen LogP contribution in [0.5, 0.6) is 0 Å². The predicted octanol–water partition coefficient (Wildman–Crippen LogP) is 3.23. The van der Waals surface area contributed by atoms with Crippen molar-refractivity contribution in [1.29, 1.82) is 0 Å². The SMILES string of the molecule is CC(=O)Nc1cc(NC(C)=O)cc(C(=O)NCCc2cccc(Cl)c2)c1. The number of carbonyl (C=O) groups excluding carboxylic acids is 3. The van der Waals surface area contributed by atoms with Crippen LogP contribution >= 0.6 is 11.6 Å². The van der Waals surface area contributed by atoms with Gasteiger partial charge in [0.15, 0.2) is 0 Å². The smallest absolute Gasteiger partial charge is 0.251 e. The maximum Gasteiger partial charge on any atom is 0.251 e. The van der Waals surface area contributed by atoms with Crippen molar-refractivity contribution in [2.75, 3.05) is 17.2 Å². The largest absolute Gasteiger partial charge is 0.352 e. The number of benzene rings is 2. The monoisotopic (exact) mass is 373 g/mol. The van der Waals surface area contributed by atoms with Crippen LogP contribution in [0, 0.1) is 0 Å². The summed E-state index contributed by atoms with van der Waals surface area (Å²) in [6.07, 6.45) is 0.635. The molecule has 0 aliphatic heterocycles. The van der Waals surface area contributed by atoms with Crippen LogP contribution in [0.15, 0.2) is 42.5 Å². The lowest BCUT2D eigenvalue weighted by Gasteiger charge is -2.11. The molecular weight excluding hydrogens is 354 g/mol. The number of halogens is 1. The van der Waals surface area contributed by atoms with Gasteiger partial charge in [-0.05, 0) is 42.3 Å². The molecule has 3 N–H and O–H groups in total. The summed E-state index contributed by atoms with van der Waals surface area (Å²) in [6.45, 7) is 3.17. The molecule has 0 aliphatic carbocycles. The highest BCUT2D eigenvalue weighted by Gasteiger charge is 2.10. The molecule has 7 heteroatoms. The van der Waals surface area contributed by atoms with Crippen LogP contribution in [0.3, 0.4) is 0 Å². The fourth-order valence-electron chi connectivity index (χ4n) is 2.42. The number of rotatable bonds is 6. The quantitative estimate of drug-likeness (QED) is 0.726. The van der Waals surface area contributed by atoms with Gasteiger partial charge in [-0.2, -0.15) is 0 Å². The van der Waals surface area contributed by atoms with E-state index in [-0.39, 0.29) is 17.7 Å². The summed E-state index contributed by atoms with van der Waals surface area (Å²) in [4.78, 5) is 35.0. The van der Waals surface area contributed by atoms with E-state index < -0.39 is 0 Å². The van der Waals surface area contributed by atoms with Crippen LogP contribution in [-0.4, -0.2) is 24.3 Å². The Morgan fingerprint density at radius 3 is 2.08 bits per heavy atom. The third kappa shape index (κ3) is 6.22. The molecule has 0 spiro atoms. The van der Waals surface area contributed by atoms with Crippen LogP contribution in [-0.2, 0) is 16.0 Å². The summed E-state index contributed by atoms with van der Waals surface area (Å²) >= 11 is 5.94. The second-order valence-electron chi connectivity index (χ2n) is 5.80. The van der Waals surface area contributed by atoms with Gasteiger partial charge in [0.25, 0.3) is 5.91 Å². The lowest BCUT2D eigenvalue weighted by atomic mass is 10.1. The minimum Gasteiger partial charge on any atom is -0.352 e. The Morgan fingerprint density at radius 1 is 0.923 bits per heavy atom. The van der Waals surface area contributed by atoms with Crippen LogP contribution in [0.4, 0.5) is 11.4 Å². The Hall–Kier alpha value is -2.86. The van der Waals surface area contributed by atoms with Crippen LogP contribution < -0.4 is 16.0 Å². The van der Waals surface area contributed by atoms with Crippen molar-refractivity contribution in [1.82, 2.24) is 5.32 Å². The van der Waals surface area contributed by atoms with Crippen molar-refractivity contribution < 1.29 is 14.4 Å². The number of nitrogens with one attached hydrogen (secondary N) is 3. The molecule has 0 unspecified atom stereocenters. The topological polar surface area (TPSA) is 87.3 Å². The molecule has 6 nitrogen and oxygen atoms in total. The van der Waals surface area contributed by atoms with E-state index in [1.165, 1.54) is 13.8 Å². The number of carbonyl (C=O) groups is 3. The van der Waals surface area contributed by atoms with Crippen molar-refractivity contribution in [3.05, 3.63) is 58.6 Å². The molecule has 2 rings (SSSR count). The molecular formula is C19H20ClN3O3. The molecule has 3 amide bonds. The maximum atomic E-state index is 12.4. The van der Waals surface area contributed by atoms with E-state index in [2.05, 4.69) is 16.0 Å². The molecule has 0 saturated heterocycles. The van der Waals surface area contributed by atoms with E-state index in [0.29, 0.717) is 34.9 Å². The Bertz CT molecular complexity index is 802. The van der Waals surface area contributed by atoms with E-state index in [1.54, 1.807) is 24.3 Å². The van der Waals surface area contributed by atoms with Crippen molar-refractivity contribution in [3.63, 3.8) is 0 Å². The van der Waals surface area contributed by atoms with Gasteiger partial charge in [0.1, 0.15) is 0 Å². The summed E-state index contributed by atoms with van der Waals surface area (Å²) in [6, 6.07) is 12.1. The Kier molecular flexibility index (Phi) is 6.74. The van der Waals surface area contributed by atoms with Crippen molar-refractivity contribution in [2.24, 2.45) is 0 Å². The standard InChI is InChI=1S/C19H20ClN3O3/c1-12(24)22-17-9-15(10-18(11-17)23-13(2)25)19(26)21-7-6-14-4-3-5-16(20)8-14/h3-5,8-11H,6-7H2,1-2H3,(H,21,26)(H,22,24)(H,23,25). The van der Waals surface area contributed by atoms with Gasteiger partial charge in [-0.3, -0.25) is 14.4 Å². The average molecular weight is 374 g/mol. The first kappa shape index (κ1) is 19.5. The zero-order valence-corrected chi connectivity index (χ0v) is 15.3. The van der Waals surface area contributed by atoms with E-state index in [0.717, 1.165) is 5.56 Å². The molecule has 0 fully saturated rings. The molecule has 0 bridgehead atoms. The van der Waals surface area contributed by atoms with Gasteiger partial charge in [-0.25, -0.2) is 0 Å². The van der Waals surface area contributed by atoms with Crippen molar-refractivity contribution in [2.45, 2.75) is 20.3 Å². The minimum absolute atomic E-state index is 0.266. The predicted molar refractivity (Wildman–Crippen MR) is 103 cm³/mol. The highest BCUT2D eigenvalue weighted by Crippen LogP contribution is 2.19. The molecule has 2 aromatic rings. The third-order valence-corrected chi connectivity index (χ3v) is 3.66. The van der Waals surface area contributed by atoms with Crippen LogP contribution in [0.2, 0.25) is 5.02 Å². The molecule has 0 saturated carbocycles. The van der Waals surface area contributed by atoms with Crippen LogP contribution in [0.1, 0.15) is 29.8 Å². The maximum absolute atomic E-state index is 12.4. The first-order valence-corrected chi connectivity index (χ1v) is 8.44. The van der Waals surface area contributed by atoms with Gasteiger partial charge in [0.2, 0.25) is 11.8 Å². The second-order valence-corrected chi connectivity index (χ2v) is 6.23. The van der Waals surface area contributed by atoms with Crippen molar-refractivity contribution in [3.8, 4) is 0 Å². The van der Waals surface area contributed by atoms with Crippen molar-refractivity contribution >= 4 is 40.7 Å². The van der Waals surface area contributed by atoms with Gasteiger partial charge in [0.05, 0.1) is 0 Å². The van der Waals surface area contributed by atoms with E-state index >= 15 is 0 Å². The highest BCUT2D eigenvalue weighted by atomic mass is 35.5. The number of amides is 3. The number of hydrogen-bond donors (Lipinski definition) is 3. The van der Waals surface area contributed by atoms with E-state index in [9.17, 15) is 14.4 Å². The number of anilines is 2. The fourth-order valence-corrected chi connectivity index (χ4v) is 2.64. The average Bonchev–Trinajstić information content (AvgIpc) is 2.53. The summed E-state index contributed by atoms with van der Waals surface area (Å²) in [5.41, 5.74) is 2.22. The lowest BCUT2D eigenvalue weighted by molar-refractivity contribution is -0.115. The molecule has 136 valence electrons. The zero-order valence-electron chi connectivity index (χ0n) is 14.6. The molecule has 0 radical (unpaired) electrons. The summed E-state index contributed by atoms with van der Waals surface area (Å²) in [7, 11) is 0. The van der Waals surface area contributed by atoms with E-state index in [4.69, 9.17) is 11.6 Å². The first-order chi connectivity index (χ1) is 12.3. The van der Waals surface area contributed by atoms with Gasteiger partial charge >= 0.3 is 0 Å². The second kappa shape index (κ2) is 9.01. The molecule has 0 aliphatic rings. The number of hydrogen-bond acceptors (Lipinski definition) is 3. The highest BCUT2D eigenvalue weighted by molar-refractivity contribution is 6.30. The Balaban J connectivity index is 2.08. The van der Waals surface area contributed by atoms with Gasteiger partial charge in [0, 0.05) is 42.4 Å². The lowest BCUT2D eigenvalue weighted by Crippen LogP contribution is -2.26. The van der Waals surface area contributed by atoms with Crippen LogP contribution in [0.25, 0.3) is 0 Å². The Labute approximate surface area is 156 Å². The zero-order chi connectivity index (χ0) is 19.1. The first-order valence-electron chi connectivity index (χ1n) is 8.06. The molecule has 0 aromatic heterocycles. The summed E-state index contributed by atoms with van der Waals surface area (Å²) in [5.74, 6) is -0.833. The van der Waals surface area contributed by atoms with Gasteiger partial charge in [-0.1, -0.05) is 23.7 Å². The Morgan fingerprint density at radius 2 is 1.54 bits per heavy atom. The normalized spacial score (nSPS) is 10.1. The molecule has 2 aromatic carbocycles. The van der Waals surface area contributed by atoms with Gasteiger partial charge < -0.3 is 16.0 Å². The minimum atomic E-state index is -0.300. The molecule has 0 atom stereocenters. The summed E-state index contributed by atoms with van der Waals surface area (Å²) < 4.78 is 0. The fraction of sp³-hybridized carbons (Fsp3) is 0.211. The molecule has 0 heterocycles. The molecule has 26 heavy (non-hydrogen) atoms.